The molecule has 0 radical (unpaired) electrons. The lowest BCUT2D eigenvalue weighted by atomic mass is 10.2. The molecule has 0 spiro atoms. The molecule has 1 unspecified atom stereocenters. The highest BCUT2D eigenvalue weighted by Gasteiger charge is 2.22. The summed E-state index contributed by atoms with van der Waals surface area (Å²) in [6.07, 6.45) is 1.65. The van der Waals surface area contributed by atoms with E-state index in [9.17, 15) is 12.8 Å². The number of H-pyrrole nitrogens is 1. The fourth-order valence-electron chi connectivity index (χ4n) is 2.90. The molecule has 3 N–H and O–H groups in total. The molecule has 3 aromatic rings. The minimum Gasteiger partial charge on any atom is -0.489 e. The van der Waals surface area contributed by atoms with Gasteiger partial charge in [-0.25, -0.2) is 13.6 Å². The molecule has 3 rings (SSSR count). The number of aryl methyl sites for hydroxylation is 2. The van der Waals surface area contributed by atoms with E-state index < -0.39 is 16.3 Å². The van der Waals surface area contributed by atoms with Gasteiger partial charge in [-0.05, 0) is 37.6 Å². The number of fused-ring (bicyclic) bond motifs is 1. The molecule has 9 heteroatoms. The molecule has 0 bridgehead atoms. The van der Waals surface area contributed by atoms with Gasteiger partial charge in [0.05, 0.1) is 22.3 Å². The number of benzene rings is 2. The van der Waals surface area contributed by atoms with Gasteiger partial charge in [-0.15, -0.1) is 0 Å². The number of nitrogens with one attached hydrogen (secondary N) is 1. The normalized spacial score (nSPS) is 13.5. The summed E-state index contributed by atoms with van der Waals surface area (Å²) in [5.74, 6) is 1.36. The van der Waals surface area contributed by atoms with E-state index in [0.717, 1.165) is 41.7 Å². The average Bonchev–Trinajstić information content (AvgIpc) is 3.14. The van der Waals surface area contributed by atoms with Crippen molar-refractivity contribution < 1.29 is 21.7 Å². The van der Waals surface area contributed by atoms with Gasteiger partial charge in [0, 0.05) is 18.1 Å². The zero-order valence-corrected chi connectivity index (χ0v) is 18.3. The Morgan fingerprint density at radius 1 is 1.26 bits per heavy atom. The number of unbranched alkanes of at least 4 members (excludes halogenated alkanes) is 1. The summed E-state index contributed by atoms with van der Waals surface area (Å²) in [5.41, 5.74) is 8.14. The number of imidazole rings is 1. The molecule has 31 heavy (non-hydrogen) atoms. The Kier molecular flexibility index (Phi) is 7.42. The minimum absolute atomic E-state index is 0.0590. The number of hydrogen-bond acceptors (Lipinski definition) is 6. The largest absolute Gasteiger partial charge is 0.489 e. The first kappa shape index (κ1) is 22.9. The van der Waals surface area contributed by atoms with Crippen molar-refractivity contribution in [2.75, 3.05) is 6.61 Å². The standard InChI is InChI=1S/C22H26FN3O4S/c1-3-4-5-21-25-19-11-8-17(12-20(19)26-21)29-14-16(13-23)22(24)30-31(27,28)18-9-6-15(2)7-10-18/h6-13,22H,3-5,14,24H2,1-2H3,(H,25,26)/b16-13+. The molecule has 7 nitrogen and oxygen atoms in total. The second kappa shape index (κ2) is 10.0. The third-order valence-electron chi connectivity index (χ3n) is 4.72. The van der Waals surface area contributed by atoms with Crippen molar-refractivity contribution in [1.82, 2.24) is 9.97 Å². The number of halogens is 1. The lowest BCUT2D eigenvalue weighted by molar-refractivity contribution is 0.225. The van der Waals surface area contributed by atoms with Crippen LogP contribution in [0.1, 0.15) is 31.2 Å². The van der Waals surface area contributed by atoms with Crippen molar-refractivity contribution in [1.29, 1.82) is 0 Å². The van der Waals surface area contributed by atoms with Gasteiger partial charge in [0.25, 0.3) is 10.1 Å². The molecule has 0 fully saturated rings. The molecular weight excluding hydrogens is 421 g/mol. The van der Waals surface area contributed by atoms with Gasteiger partial charge < -0.3 is 15.5 Å². The van der Waals surface area contributed by atoms with E-state index in [-0.39, 0.29) is 23.4 Å². The average molecular weight is 448 g/mol. The Bertz CT molecular complexity index is 1160. The van der Waals surface area contributed by atoms with Crippen LogP contribution < -0.4 is 10.5 Å². The molecule has 0 saturated carbocycles. The summed E-state index contributed by atoms with van der Waals surface area (Å²) in [7, 11) is -4.15. The summed E-state index contributed by atoms with van der Waals surface area (Å²) in [6, 6.07) is 11.3. The monoisotopic (exact) mass is 447 g/mol. The molecule has 1 aromatic heterocycles. The fourth-order valence-corrected chi connectivity index (χ4v) is 3.87. The lowest BCUT2D eigenvalue weighted by Crippen LogP contribution is -2.31. The van der Waals surface area contributed by atoms with Crippen LogP contribution in [0.15, 0.2) is 59.3 Å². The summed E-state index contributed by atoms with van der Waals surface area (Å²) < 4.78 is 48.7. The second-order valence-corrected chi connectivity index (χ2v) is 8.79. The summed E-state index contributed by atoms with van der Waals surface area (Å²) in [5, 5.41) is 0. The Labute approximate surface area is 181 Å². The third-order valence-corrected chi connectivity index (χ3v) is 6.03. The number of nitrogens with two attached hydrogens (primary N) is 1. The zero-order chi connectivity index (χ0) is 22.4. The lowest BCUT2D eigenvalue weighted by Gasteiger charge is -2.16. The van der Waals surface area contributed by atoms with Gasteiger partial charge in [-0.2, -0.15) is 8.42 Å². The van der Waals surface area contributed by atoms with Crippen LogP contribution in [0.3, 0.4) is 0 Å². The van der Waals surface area contributed by atoms with Crippen LogP contribution in [0.4, 0.5) is 4.39 Å². The summed E-state index contributed by atoms with van der Waals surface area (Å²) in [4.78, 5) is 7.70. The van der Waals surface area contributed by atoms with E-state index >= 15 is 0 Å². The topological polar surface area (TPSA) is 107 Å². The maximum atomic E-state index is 13.4. The van der Waals surface area contributed by atoms with Crippen molar-refractivity contribution in [3.63, 3.8) is 0 Å². The fraction of sp³-hybridized carbons (Fsp3) is 0.318. The van der Waals surface area contributed by atoms with Gasteiger partial charge in [-0.3, -0.25) is 0 Å². The van der Waals surface area contributed by atoms with Crippen LogP contribution in [0.25, 0.3) is 11.0 Å². The molecule has 166 valence electrons. The van der Waals surface area contributed by atoms with Crippen LogP contribution in [-0.2, 0) is 20.7 Å². The Morgan fingerprint density at radius 2 is 2.00 bits per heavy atom. The number of nitrogens with zero attached hydrogens (tertiary/aromatic N) is 1. The highest BCUT2D eigenvalue weighted by atomic mass is 32.2. The number of ether oxygens (including phenoxy) is 1. The van der Waals surface area contributed by atoms with Gasteiger partial charge in [0.2, 0.25) is 0 Å². The highest BCUT2D eigenvalue weighted by Crippen LogP contribution is 2.22. The van der Waals surface area contributed by atoms with Gasteiger partial charge in [0.1, 0.15) is 18.2 Å². The van der Waals surface area contributed by atoms with Crippen LogP contribution >= 0.6 is 0 Å². The van der Waals surface area contributed by atoms with E-state index in [1.807, 2.05) is 6.92 Å². The Morgan fingerprint density at radius 3 is 2.68 bits per heavy atom. The van der Waals surface area contributed by atoms with Crippen molar-refractivity contribution in [3.05, 3.63) is 65.8 Å². The number of aromatic amines is 1. The van der Waals surface area contributed by atoms with E-state index in [0.29, 0.717) is 5.75 Å². The van der Waals surface area contributed by atoms with Crippen molar-refractivity contribution in [3.8, 4) is 5.75 Å². The minimum atomic E-state index is -4.15. The van der Waals surface area contributed by atoms with Crippen molar-refractivity contribution in [2.45, 2.75) is 44.2 Å². The number of hydrogen-bond donors (Lipinski definition) is 2. The van der Waals surface area contributed by atoms with Crippen molar-refractivity contribution in [2.24, 2.45) is 5.73 Å². The third kappa shape index (κ3) is 5.90. The first-order chi connectivity index (χ1) is 14.8. The maximum absolute atomic E-state index is 13.4. The van der Waals surface area contributed by atoms with E-state index in [1.54, 1.807) is 30.3 Å². The first-order valence-electron chi connectivity index (χ1n) is 9.98. The number of rotatable bonds is 10. The predicted molar refractivity (Wildman–Crippen MR) is 117 cm³/mol. The second-order valence-electron chi connectivity index (χ2n) is 7.22. The quantitative estimate of drug-likeness (QED) is 0.357. The highest BCUT2D eigenvalue weighted by molar-refractivity contribution is 7.86. The zero-order valence-electron chi connectivity index (χ0n) is 17.5. The first-order valence-corrected chi connectivity index (χ1v) is 11.4. The van der Waals surface area contributed by atoms with Crippen LogP contribution in [0.5, 0.6) is 5.75 Å². The molecule has 0 aliphatic carbocycles. The SMILES string of the molecule is CCCCc1nc2ccc(OC/C(=C\F)C(N)OS(=O)(=O)c3ccc(C)cc3)cc2[nH]1. The molecule has 1 heterocycles. The van der Waals surface area contributed by atoms with Gasteiger partial charge in [0.15, 0.2) is 6.23 Å². The smallest absolute Gasteiger partial charge is 0.298 e. The Balaban J connectivity index is 1.64. The molecule has 2 aromatic carbocycles. The Hall–Kier alpha value is -2.75. The molecule has 1 atom stereocenters. The van der Waals surface area contributed by atoms with Gasteiger partial charge in [-0.1, -0.05) is 31.0 Å². The van der Waals surface area contributed by atoms with Gasteiger partial charge >= 0.3 is 0 Å². The van der Waals surface area contributed by atoms with E-state index in [2.05, 4.69) is 16.9 Å². The number of aromatic nitrogens is 2. The molecule has 0 aliphatic heterocycles. The van der Waals surface area contributed by atoms with Crippen LogP contribution in [0, 0.1) is 6.92 Å². The van der Waals surface area contributed by atoms with Crippen LogP contribution in [-0.4, -0.2) is 31.2 Å². The maximum Gasteiger partial charge on any atom is 0.298 e. The molecular formula is C22H26FN3O4S. The van der Waals surface area contributed by atoms with E-state index in [4.69, 9.17) is 14.7 Å². The molecule has 0 amide bonds. The van der Waals surface area contributed by atoms with Crippen LogP contribution in [0.2, 0.25) is 0 Å². The van der Waals surface area contributed by atoms with E-state index in [1.165, 1.54) is 12.1 Å². The molecule has 0 saturated heterocycles. The predicted octanol–water partition coefficient (Wildman–Crippen LogP) is 4.14. The summed E-state index contributed by atoms with van der Waals surface area (Å²) in [6.45, 7) is 3.67. The summed E-state index contributed by atoms with van der Waals surface area (Å²) >= 11 is 0. The van der Waals surface area contributed by atoms with Crippen molar-refractivity contribution >= 4 is 21.2 Å². The molecule has 0 aliphatic rings.